The highest BCUT2D eigenvalue weighted by atomic mass is 15.0. The van der Waals surface area contributed by atoms with Crippen LogP contribution in [0, 0.1) is 5.92 Å². The molecule has 3 nitrogen and oxygen atoms in total. The lowest BCUT2D eigenvalue weighted by molar-refractivity contribution is 0.486. The van der Waals surface area contributed by atoms with E-state index >= 15 is 0 Å². The molecule has 1 aliphatic carbocycles. The first-order chi connectivity index (χ1) is 13.5. The Balaban J connectivity index is 2.44. The van der Waals surface area contributed by atoms with E-state index in [-0.39, 0.29) is 6.04 Å². The van der Waals surface area contributed by atoms with Crippen LogP contribution in [0.1, 0.15) is 58.4 Å². The number of hydrogen-bond acceptors (Lipinski definition) is 2. The van der Waals surface area contributed by atoms with Crippen molar-refractivity contribution >= 4 is 11.5 Å². The standard InChI is InChI=1S/C25H35N3/c1-6-19(7-2)24(27-20-14-10-9-11-15-20)25(26)28-23-17-13-12-16-22(23)21(8-3)18(4)5/h6,9-14,16-18,20-21,27H,1,7-8,15H2,2-5H3,(H2,26,28)/b24-19-. The van der Waals surface area contributed by atoms with Gasteiger partial charge in [0, 0.05) is 6.04 Å². The first kappa shape index (κ1) is 21.7. The van der Waals surface area contributed by atoms with Crippen LogP contribution in [-0.2, 0) is 0 Å². The van der Waals surface area contributed by atoms with Crippen molar-refractivity contribution in [3.8, 4) is 0 Å². The minimum atomic E-state index is 0.213. The SMILES string of the molecule is C=C/C(CC)=C(/NC1C=CC=CC1)C(N)=Nc1ccccc1C(CC)C(C)C. The molecule has 0 spiro atoms. The minimum absolute atomic E-state index is 0.213. The zero-order valence-electron chi connectivity index (χ0n) is 17.8. The summed E-state index contributed by atoms with van der Waals surface area (Å²) in [7, 11) is 0. The fourth-order valence-corrected chi connectivity index (χ4v) is 3.77. The van der Waals surface area contributed by atoms with Crippen molar-refractivity contribution < 1.29 is 0 Å². The van der Waals surface area contributed by atoms with E-state index in [0.717, 1.165) is 36.2 Å². The molecular weight excluding hydrogens is 342 g/mol. The summed E-state index contributed by atoms with van der Waals surface area (Å²) >= 11 is 0. The van der Waals surface area contributed by atoms with Crippen molar-refractivity contribution in [1.29, 1.82) is 0 Å². The molecule has 0 saturated carbocycles. The smallest absolute Gasteiger partial charge is 0.147 e. The summed E-state index contributed by atoms with van der Waals surface area (Å²) in [5.41, 5.74) is 10.7. The highest BCUT2D eigenvalue weighted by molar-refractivity contribution is 5.99. The zero-order valence-corrected chi connectivity index (χ0v) is 17.8. The van der Waals surface area contributed by atoms with Gasteiger partial charge >= 0.3 is 0 Å². The molecule has 2 rings (SSSR count). The molecule has 0 aromatic heterocycles. The number of allylic oxidation sites excluding steroid dienone is 4. The summed E-state index contributed by atoms with van der Waals surface area (Å²) in [5, 5.41) is 3.58. The first-order valence-corrected chi connectivity index (χ1v) is 10.4. The van der Waals surface area contributed by atoms with Crippen LogP contribution in [0.25, 0.3) is 0 Å². The van der Waals surface area contributed by atoms with Gasteiger partial charge in [-0.25, -0.2) is 4.99 Å². The summed E-state index contributed by atoms with van der Waals surface area (Å²) in [5.74, 6) is 1.53. The zero-order chi connectivity index (χ0) is 20.5. The van der Waals surface area contributed by atoms with E-state index < -0.39 is 0 Å². The van der Waals surface area contributed by atoms with Gasteiger partial charge in [0.05, 0.1) is 11.4 Å². The van der Waals surface area contributed by atoms with E-state index in [0.29, 0.717) is 17.7 Å². The molecule has 3 N–H and O–H groups in total. The van der Waals surface area contributed by atoms with Gasteiger partial charge in [-0.3, -0.25) is 0 Å². The van der Waals surface area contributed by atoms with Crippen molar-refractivity contribution in [3.63, 3.8) is 0 Å². The van der Waals surface area contributed by atoms with E-state index in [1.807, 2.05) is 12.1 Å². The van der Waals surface area contributed by atoms with Gasteiger partial charge < -0.3 is 11.1 Å². The van der Waals surface area contributed by atoms with Crippen LogP contribution in [0.5, 0.6) is 0 Å². The summed E-state index contributed by atoms with van der Waals surface area (Å²) in [6.45, 7) is 12.9. The molecule has 28 heavy (non-hydrogen) atoms. The molecule has 2 unspecified atom stereocenters. The Labute approximate surface area is 170 Å². The topological polar surface area (TPSA) is 50.4 Å². The Kier molecular flexibility index (Phi) is 8.31. The maximum atomic E-state index is 6.55. The molecule has 0 radical (unpaired) electrons. The number of para-hydroxylation sites is 1. The highest BCUT2D eigenvalue weighted by Gasteiger charge is 2.18. The number of rotatable bonds is 9. The normalized spacial score (nSPS) is 18.8. The monoisotopic (exact) mass is 377 g/mol. The average Bonchev–Trinajstić information content (AvgIpc) is 2.70. The van der Waals surface area contributed by atoms with Crippen molar-refractivity contribution in [2.24, 2.45) is 16.6 Å². The number of nitrogens with two attached hydrogens (primary N) is 1. The fourth-order valence-electron chi connectivity index (χ4n) is 3.77. The number of amidine groups is 1. The molecule has 150 valence electrons. The van der Waals surface area contributed by atoms with Crippen molar-refractivity contribution in [1.82, 2.24) is 5.32 Å². The third-order valence-electron chi connectivity index (χ3n) is 5.34. The molecule has 0 amide bonds. The lowest BCUT2D eigenvalue weighted by atomic mass is 9.85. The molecule has 2 atom stereocenters. The third kappa shape index (κ3) is 5.48. The van der Waals surface area contributed by atoms with Gasteiger partial charge in [-0.05, 0) is 48.3 Å². The Morgan fingerprint density at radius 1 is 1.29 bits per heavy atom. The Morgan fingerprint density at radius 2 is 2.04 bits per heavy atom. The fraction of sp³-hybridized carbons (Fsp3) is 0.400. The molecule has 0 saturated heterocycles. The van der Waals surface area contributed by atoms with Gasteiger partial charge in [-0.1, -0.05) is 82.9 Å². The van der Waals surface area contributed by atoms with Crippen LogP contribution >= 0.6 is 0 Å². The molecule has 0 bridgehead atoms. The number of aliphatic imine (C=N–C) groups is 1. The van der Waals surface area contributed by atoms with Crippen molar-refractivity contribution in [2.75, 3.05) is 0 Å². The highest BCUT2D eigenvalue weighted by Crippen LogP contribution is 2.34. The van der Waals surface area contributed by atoms with Gasteiger partial charge in [0.25, 0.3) is 0 Å². The Bertz CT molecular complexity index is 781. The second kappa shape index (κ2) is 10.7. The number of nitrogens with one attached hydrogen (secondary N) is 1. The maximum Gasteiger partial charge on any atom is 0.147 e. The number of hydrogen-bond donors (Lipinski definition) is 2. The van der Waals surface area contributed by atoms with Gasteiger partial charge in [0.15, 0.2) is 0 Å². The van der Waals surface area contributed by atoms with E-state index in [1.54, 1.807) is 0 Å². The molecule has 0 heterocycles. The molecule has 1 aromatic rings. The maximum absolute atomic E-state index is 6.55. The number of benzene rings is 1. The molecule has 3 heteroatoms. The van der Waals surface area contributed by atoms with E-state index in [9.17, 15) is 0 Å². The number of nitrogens with zero attached hydrogens (tertiary/aromatic N) is 1. The van der Waals surface area contributed by atoms with Crippen LogP contribution in [-0.4, -0.2) is 11.9 Å². The lowest BCUT2D eigenvalue weighted by Gasteiger charge is -2.23. The van der Waals surface area contributed by atoms with E-state index in [1.165, 1.54) is 5.56 Å². The molecule has 0 fully saturated rings. The van der Waals surface area contributed by atoms with Crippen molar-refractivity contribution in [3.05, 3.63) is 78.1 Å². The average molecular weight is 378 g/mol. The second-order valence-electron chi connectivity index (χ2n) is 7.57. The third-order valence-corrected chi connectivity index (χ3v) is 5.34. The first-order valence-electron chi connectivity index (χ1n) is 10.4. The predicted molar refractivity (Wildman–Crippen MR) is 123 cm³/mol. The van der Waals surface area contributed by atoms with Gasteiger partial charge in [-0.15, -0.1) is 0 Å². The Morgan fingerprint density at radius 3 is 2.61 bits per heavy atom. The largest absolute Gasteiger partial charge is 0.382 e. The van der Waals surface area contributed by atoms with Crippen molar-refractivity contribution in [2.45, 2.75) is 58.9 Å². The molecular formula is C25H35N3. The van der Waals surface area contributed by atoms with Crippen LogP contribution < -0.4 is 11.1 Å². The van der Waals surface area contributed by atoms with Crippen LogP contribution in [0.3, 0.4) is 0 Å². The predicted octanol–water partition coefficient (Wildman–Crippen LogP) is 6.15. The quantitative estimate of drug-likeness (QED) is 0.308. The van der Waals surface area contributed by atoms with Crippen LogP contribution in [0.2, 0.25) is 0 Å². The summed E-state index contributed by atoms with van der Waals surface area (Å²) in [4.78, 5) is 4.88. The summed E-state index contributed by atoms with van der Waals surface area (Å²) in [6, 6.07) is 8.57. The van der Waals surface area contributed by atoms with Crippen LogP contribution in [0.15, 0.2) is 77.5 Å². The summed E-state index contributed by atoms with van der Waals surface area (Å²) in [6.07, 6.45) is 13.2. The van der Waals surface area contributed by atoms with E-state index in [2.05, 4.69) is 82.1 Å². The summed E-state index contributed by atoms with van der Waals surface area (Å²) < 4.78 is 0. The van der Waals surface area contributed by atoms with Crippen LogP contribution in [0.4, 0.5) is 5.69 Å². The lowest BCUT2D eigenvalue weighted by Crippen LogP contribution is -2.35. The van der Waals surface area contributed by atoms with E-state index in [4.69, 9.17) is 10.7 Å². The Hall–Kier alpha value is -2.55. The second-order valence-corrected chi connectivity index (χ2v) is 7.57. The van der Waals surface area contributed by atoms with Gasteiger partial charge in [-0.2, -0.15) is 0 Å². The molecule has 1 aromatic carbocycles. The van der Waals surface area contributed by atoms with Gasteiger partial charge in [0.1, 0.15) is 5.84 Å². The minimum Gasteiger partial charge on any atom is -0.382 e. The van der Waals surface area contributed by atoms with Gasteiger partial charge in [0.2, 0.25) is 0 Å². The molecule has 1 aliphatic rings. The molecule has 0 aliphatic heterocycles.